The van der Waals surface area contributed by atoms with Crippen LogP contribution in [0.2, 0.25) is 0 Å². The van der Waals surface area contributed by atoms with E-state index in [1.165, 1.54) is 0 Å². The number of nitrogens with one attached hydrogen (secondary N) is 2. The SMILES string of the molecule is C=C/C(C)=N\C(C)=C(/C)NC(=N)/C=C(\N)C(CC)CCC. The summed E-state index contributed by atoms with van der Waals surface area (Å²) in [5.41, 5.74) is 9.39. The van der Waals surface area contributed by atoms with Crippen LogP contribution in [0.4, 0.5) is 0 Å². The highest BCUT2D eigenvalue weighted by atomic mass is 15.0. The summed E-state index contributed by atoms with van der Waals surface area (Å²) >= 11 is 0. The van der Waals surface area contributed by atoms with Gasteiger partial charge in [-0.1, -0.05) is 26.8 Å². The molecule has 0 radical (unpaired) electrons. The summed E-state index contributed by atoms with van der Waals surface area (Å²) in [5, 5.41) is 11.0. The van der Waals surface area contributed by atoms with Crippen LogP contribution in [0.1, 0.15) is 53.9 Å². The maximum atomic E-state index is 8.00. The fourth-order valence-corrected chi connectivity index (χ4v) is 1.96. The van der Waals surface area contributed by atoms with Crippen molar-refractivity contribution >= 4 is 11.5 Å². The molecule has 0 saturated carbocycles. The van der Waals surface area contributed by atoms with E-state index < -0.39 is 0 Å². The maximum Gasteiger partial charge on any atom is 0.123 e. The van der Waals surface area contributed by atoms with Gasteiger partial charge in [-0.05, 0) is 51.7 Å². The first kappa shape index (κ1) is 19.2. The van der Waals surface area contributed by atoms with Gasteiger partial charge in [0.1, 0.15) is 5.84 Å². The average molecular weight is 290 g/mol. The molecule has 0 aliphatic heterocycles. The highest BCUT2D eigenvalue weighted by molar-refractivity contribution is 5.93. The third-order valence-electron chi connectivity index (χ3n) is 3.42. The lowest BCUT2D eigenvalue weighted by Crippen LogP contribution is -2.22. The molecule has 1 atom stereocenters. The zero-order chi connectivity index (χ0) is 16.4. The van der Waals surface area contributed by atoms with E-state index >= 15 is 0 Å². The van der Waals surface area contributed by atoms with Crippen LogP contribution < -0.4 is 11.1 Å². The van der Waals surface area contributed by atoms with Crippen molar-refractivity contribution in [1.82, 2.24) is 5.32 Å². The molecule has 0 fully saturated rings. The minimum Gasteiger partial charge on any atom is -0.402 e. The predicted molar refractivity (Wildman–Crippen MR) is 93.5 cm³/mol. The minimum atomic E-state index is 0.297. The van der Waals surface area contributed by atoms with Crippen LogP contribution in [-0.4, -0.2) is 11.5 Å². The quantitative estimate of drug-likeness (QED) is 0.464. The van der Waals surface area contributed by atoms with E-state index in [1.54, 1.807) is 12.2 Å². The van der Waals surface area contributed by atoms with Gasteiger partial charge >= 0.3 is 0 Å². The van der Waals surface area contributed by atoms with Crippen LogP contribution in [0.3, 0.4) is 0 Å². The molecule has 0 rings (SSSR count). The molecular weight excluding hydrogens is 260 g/mol. The predicted octanol–water partition coefficient (Wildman–Crippen LogP) is 4.12. The number of nitrogens with two attached hydrogens (primary N) is 1. The third kappa shape index (κ3) is 7.49. The summed E-state index contributed by atoms with van der Waals surface area (Å²) in [6.45, 7) is 13.6. The van der Waals surface area contributed by atoms with E-state index in [9.17, 15) is 0 Å². The van der Waals surface area contributed by atoms with Crippen molar-refractivity contribution in [2.24, 2.45) is 16.6 Å². The zero-order valence-corrected chi connectivity index (χ0v) is 14.1. The zero-order valence-electron chi connectivity index (χ0n) is 14.1. The van der Waals surface area contributed by atoms with Crippen LogP contribution in [0.15, 0.2) is 40.8 Å². The van der Waals surface area contributed by atoms with Gasteiger partial charge in [0, 0.05) is 17.1 Å². The van der Waals surface area contributed by atoms with E-state index in [0.717, 1.165) is 42.1 Å². The number of aliphatic imine (C=N–C) groups is 1. The Kier molecular flexibility index (Phi) is 9.10. The number of hydrogen-bond donors (Lipinski definition) is 3. The molecule has 0 saturated heterocycles. The normalized spacial score (nSPS) is 15.3. The number of rotatable bonds is 8. The Morgan fingerprint density at radius 2 is 1.95 bits per heavy atom. The minimum absolute atomic E-state index is 0.297. The second-order valence-electron chi connectivity index (χ2n) is 5.24. The summed E-state index contributed by atoms with van der Waals surface area (Å²) in [5.74, 6) is 0.647. The van der Waals surface area contributed by atoms with Gasteiger partial charge < -0.3 is 11.1 Å². The van der Waals surface area contributed by atoms with E-state index in [-0.39, 0.29) is 0 Å². The van der Waals surface area contributed by atoms with Gasteiger partial charge in [-0.2, -0.15) is 0 Å². The number of hydrogen-bond acceptors (Lipinski definition) is 3. The Bertz CT molecular complexity index is 455. The molecular formula is C17H30N4. The molecule has 4 N–H and O–H groups in total. The number of allylic oxidation sites excluding steroid dienone is 4. The van der Waals surface area contributed by atoms with Crippen molar-refractivity contribution in [3.8, 4) is 0 Å². The van der Waals surface area contributed by atoms with E-state index in [4.69, 9.17) is 11.1 Å². The molecule has 118 valence electrons. The lowest BCUT2D eigenvalue weighted by atomic mass is 9.97. The monoisotopic (exact) mass is 290 g/mol. The summed E-state index contributed by atoms with van der Waals surface area (Å²) in [6, 6.07) is 0. The first-order chi connectivity index (χ1) is 9.85. The van der Waals surface area contributed by atoms with Crippen LogP contribution in [0.25, 0.3) is 0 Å². The van der Waals surface area contributed by atoms with Gasteiger partial charge in [0.2, 0.25) is 0 Å². The molecule has 0 amide bonds. The van der Waals surface area contributed by atoms with Crippen molar-refractivity contribution in [3.05, 3.63) is 35.8 Å². The Balaban J connectivity index is 4.90. The Hall–Kier alpha value is -1.84. The highest BCUT2D eigenvalue weighted by Crippen LogP contribution is 2.16. The lowest BCUT2D eigenvalue weighted by Gasteiger charge is -2.15. The van der Waals surface area contributed by atoms with Crippen LogP contribution >= 0.6 is 0 Å². The van der Waals surface area contributed by atoms with Gasteiger partial charge in [0.15, 0.2) is 0 Å². The highest BCUT2D eigenvalue weighted by Gasteiger charge is 2.09. The molecule has 4 nitrogen and oxygen atoms in total. The molecule has 0 aromatic heterocycles. The smallest absolute Gasteiger partial charge is 0.123 e. The van der Waals surface area contributed by atoms with Crippen LogP contribution in [0.5, 0.6) is 0 Å². The molecule has 0 aliphatic rings. The fourth-order valence-electron chi connectivity index (χ4n) is 1.96. The van der Waals surface area contributed by atoms with Gasteiger partial charge in [0.05, 0.1) is 5.70 Å². The Morgan fingerprint density at radius 3 is 2.43 bits per heavy atom. The molecule has 4 heteroatoms. The third-order valence-corrected chi connectivity index (χ3v) is 3.42. The van der Waals surface area contributed by atoms with E-state index in [1.807, 2.05) is 20.8 Å². The van der Waals surface area contributed by atoms with Crippen molar-refractivity contribution in [1.29, 1.82) is 5.41 Å². The first-order valence-electron chi connectivity index (χ1n) is 7.53. The molecule has 0 bridgehead atoms. The second kappa shape index (κ2) is 9.97. The number of nitrogens with zero attached hydrogens (tertiary/aromatic N) is 1. The first-order valence-corrected chi connectivity index (χ1v) is 7.53. The molecule has 0 aliphatic carbocycles. The summed E-state index contributed by atoms with van der Waals surface area (Å²) in [6.07, 6.45) is 6.57. The summed E-state index contributed by atoms with van der Waals surface area (Å²) < 4.78 is 0. The van der Waals surface area contributed by atoms with Gasteiger partial charge in [0.25, 0.3) is 0 Å². The largest absolute Gasteiger partial charge is 0.402 e. The molecule has 0 heterocycles. The Labute approximate surface area is 129 Å². The van der Waals surface area contributed by atoms with Gasteiger partial charge in [-0.3, -0.25) is 10.4 Å². The van der Waals surface area contributed by atoms with Crippen molar-refractivity contribution in [2.45, 2.75) is 53.9 Å². The molecule has 0 aromatic rings. The van der Waals surface area contributed by atoms with Gasteiger partial charge in [-0.15, -0.1) is 0 Å². The van der Waals surface area contributed by atoms with E-state index in [2.05, 4.69) is 30.7 Å². The van der Waals surface area contributed by atoms with Gasteiger partial charge in [-0.25, -0.2) is 0 Å². The maximum absolute atomic E-state index is 8.00. The fraction of sp³-hybridized carbons (Fsp3) is 0.529. The molecule has 1 unspecified atom stereocenters. The summed E-state index contributed by atoms with van der Waals surface area (Å²) in [7, 11) is 0. The topological polar surface area (TPSA) is 74.3 Å². The van der Waals surface area contributed by atoms with Crippen molar-refractivity contribution < 1.29 is 0 Å². The van der Waals surface area contributed by atoms with Crippen LogP contribution in [0, 0.1) is 11.3 Å². The molecule has 0 spiro atoms. The van der Waals surface area contributed by atoms with Crippen molar-refractivity contribution in [2.75, 3.05) is 0 Å². The average Bonchev–Trinajstić information content (AvgIpc) is 2.43. The molecule has 0 aromatic carbocycles. The Morgan fingerprint density at radius 1 is 1.33 bits per heavy atom. The second-order valence-corrected chi connectivity index (χ2v) is 5.24. The van der Waals surface area contributed by atoms with Crippen LogP contribution in [-0.2, 0) is 0 Å². The van der Waals surface area contributed by atoms with E-state index in [0.29, 0.717) is 11.8 Å². The lowest BCUT2D eigenvalue weighted by molar-refractivity contribution is 0.529. The summed E-state index contributed by atoms with van der Waals surface area (Å²) in [4.78, 5) is 4.38. The standard InChI is InChI=1S/C17H30N4/c1-7-10-15(9-3)16(18)11-17(19)21-14(6)13(5)20-12(4)8-2/h8,11,15H,2,7,9-10,18H2,1,3-6H3,(H2,19,21)/b14-13+,16-11-,20-12-. The molecule has 21 heavy (non-hydrogen) atoms. The number of amidine groups is 1. The van der Waals surface area contributed by atoms with Crippen molar-refractivity contribution in [3.63, 3.8) is 0 Å².